The minimum absolute atomic E-state index is 0.210. The number of unbranched alkanes of at least 4 members (excludes halogenated alkanes) is 1. The van der Waals surface area contributed by atoms with E-state index in [0.717, 1.165) is 6.08 Å². The molecule has 0 heterocycles. The largest absolute Gasteiger partial charge is 0.509 e. The lowest BCUT2D eigenvalue weighted by atomic mass is 10.3. The summed E-state index contributed by atoms with van der Waals surface area (Å²) in [6, 6.07) is -0.226. The Morgan fingerprint density at radius 2 is 1.53 bits per heavy atom. The van der Waals surface area contributed by atoms with Gasteiger partial charge < -0.3 is 24.4 Å². The number of carbonyl (C=O) groups is 3. The van der Waals surface area contributed by atoms with Gasteiger partial charge in [0.2, 0.25) is 0 Å². The Balaban J connectivity index is 0. The molecule has 0 unspecified atom stereocenters. The van der Waals surface area contributed by atoms with E-state index in [2.05, 4.69) is 16.1 Å². The summed E-state index contributed by atoms with van der Waals surface area (Å²) in [7, 11) is 0. The predicted octanol–water partition coefficient (Wildman–Crippen LogP) is 2.07. The van der Waals surface area contributed by atoms with E-state index in [9.17, 15) is 9.59 Å². The van der Waals surface area contributed by atoms with Crippen LogP contribution >= 0.6 is 11.6 Å². The van der Waals surface area contributed by atoms with Crippen molar-refractivity contribution in [3.05, 3.63) is 12.7 Å². The van der Waals surface area contributed by atoms with Gasteiger partial charge in [-0.05, 0) is 12.8 Å². The summed E-state index contributed by atoms with van der Waals surface area (Å²) in [6.07, 6.45) is -0.350. The highest BCUT2D eigenvalue weighted by molar-refractivity contribution is 6.17. The monoisotopic (exact) mass is 298 g/mol. The van der Waals surface area contributed by atoms with Crippen molar-refractivity contribution in [3.63, 3.8) is 0 Å². The topological polar surface area (TPSA) is 119 Å². The molecular formula is C10H15ClO8. The average Bonchev–Trinajstić information content (AvgIpc) is 2.32. The lowest BCUT2D eigenvalue weighted by Gasteiger charge is -2.03. The van der Waals surface area contributed by atoms with Crippen LogP contribution < -0.4 is 0 Å². The van der Waals surface area contributed by atoms with E-state index in [-0.39, 0.29) is 19.3 Å². The van der Waals surface area contributed by atoms with Crippen LogP contribution in [0.1, 0.15) is 12.8 Å². The first kappa shape index (κ1) is 19.4. The molecule has 0 spiro atoms. The zero-order valence-corrected chi connectivity index (χ0v) is 10.8. The molecule has 0 radical (unpaired) electrons. The third-order valence-corrected chi connectivity index (χ3v) is 1.45. The maximum Gasteiger partial charge on any atom is 0.509 e. The van der Waals surface area contributed by atoms with Crippen molar-refractivity contribution >= 4 is 29.9 Å². The van der Waals surface area contributed by atoms with Crippen LogP contribution in [0.2, 0.25) is 0 Å². The minimum atomic E-state index is -1.83. The van der Waals surface area contributed by atoms with Crippen LogP contribution in [0.4, 0.5) is 9.59 Å². The van der Waals surface area contributed by atoms with E-state index in [1.54, 1.807) is 0 Å². The molecule has 8 nitrogen and oxygen atoms in total. The fourth-order valence-electron chi connectivity index (χ4n) is 0.678. The number of rotatable bonds is 7. The number of hydrogen-bond acceptors (Lipinski definition) is 6. The number of ether oxygens (including phenoxy) is 3. The maximum absolute atomic E-state index is 10.6. The average molecular weight is 299 g/mol. The molecule has 0 saturated heterocycles. The summed E-state index contributed by atoms with van der Waals surface area (Å²) in [5, 5.41) is 13.9. The predicted molar refractivity (Wildman–Crippen MR) is 64.2 cm³/mol. The second-order valence-electron chi connectivity index (χ2n) is 2.71. The van der Waals surface area contributed by atoms with E-state index in [1.165, 1.54) is 0 Å². The summed E-state index contributed by atoms with van der Waals surface area (Å²) >= 11 is 5.12. The quantitative estimate of drug-likeness (QED) is 0.317. The zero-order chi connectivity index (χ0) is 15.1. The molecule has 0 saturated carbocycles. The zero-order valence-electron chi connectivity index (χ0n) is 10.0. The van der Waals surface area contributed by atoms with E-state index in [0.29, 0.717) is 12.8 Å². The van der Waals surface area contributed by atoms with E-state index < -0.39 is 18.3 Å². The summed E-state index contributed by atoms with van der Waals surface area (Å²) in [4.78, 5) is 29.7. The normalized spacial score (nSPS) is 8.47. The molecule has 0 rings (SSSR count). The Hall–Kier alpha value is -1.96. The molecule has 0 aliphatic carbocycles. The van der Waals surface area contributed by atoms with Crippen molar-refractivity contribution in [3.8, 4) is 0 Å². The van der Waals surface area contributed by atoms with Crippen LogP contribution in [-0.2, 0) is 19.0 Å². The molecule has 0 aliphatic rings. The van der Waals surface area contributed by atoms with Gasteiger partial charge in [-0.1, -0.05) is 18.2 Å². The fourth-order valence-corrected chi connectivity index (χ4v) is 0.767. The van der Waals surface area contributed by atoms with Crippen LogP contribution in [-0.4, -0.2) is 47.8 Å². The fraction of sp³-hybridized carbons (Fsp3) is 0.500. The third-order valence-electron chi connectivity index (χ3n) is 1.34. The number of carbonyl (C=O) groups excluding carboxylic acids is 2. The molecule has 19 heavy (non-hydrogen) atoms. The van der Waals surface area contributed by atoms with E-state index >= 15 is 0 Å². The lowest BCUT2D eigenvalue weighted by Crippen LogP contribution is -2.08. The molecule has 0 aromatic carbocycles. The smallest absolute Gasteiger partial charge is 0.463 e. The number of alkyl halides is 1. The number of halogens is 1. The summed E-state index contributed by atoms with van der Waals surface area (Å²) < 4.78 is 13.6. The highest BCUT2D eigenvalue weighted by Crippen LogP contribution is 1.94. The van der Waals surface area contributed by atoms with Gasteiger partial charge in [-0.3, -0.25) is 0 Å². The number of hydrogen-bond donors (Lipinski definition) is 2. The van der Waals surface area contributed by atoms with Gasteiger partial charge in [0, 0.05) is 6.08 Å². The first-order chi connectivity index (χ1) is 8.93. The molecule has 0 amide bonds. The number of carboxylic acid groups (broad SMARTS) is 2. The molecule has 2 N–H and O–H groups in total. The highest BCUT2D eigenvalue weighted by atomic mass is 35.5. The van der Waals surface area contributed by atoms with Gasteiger partial charge in [-0.2, -0.15) is 0 Å². The lowest BCUT2D eigenvalue weighted by molar-refractivity contribution is -0.137. The molecule has 0 bridgehead atoms. The van der Waals surface area contributed by atoms with Gasteiger partial charge in [-0.15, -0.1) is 0 Å². The maximum atomic E-state index is 10.6. The molecule has 0 aliphatic heterocycles. The highest BCUT2D eigenvalue weighted by Gasteiger charge is 2.01. The molecule has 0 atom stereocenters. The van der Waals surface area contributed by atoms with Crippen LogP contribution in [0.3, 0.4) is 0 Å². The van der Waals surface area contributed by atoms with Crippen molar-refractivity contribution in [1.82, 2.24) is 0 Å². The molecular weight excluding hydrogens is 284 g/mol. The van der Waals surface area contributed by atoms with Crippen LogP contribution in [0.5, 0.6) is 0 Å². The first-order valence-electron chi connectivity index (χ1n) is 5.00. The first-order valence-corrected chi connectivity index (χ1v) is 5.54. The SMILES string of the molecule is C=CC(=O)OCCCCOC(=O)OCCl.O=C(O)O. The second-order valence-corrected chi connectivity index (χ2v) is 2.93. The summed E-state index contributed by atoms with van der Waals surface area (Å²) in [5.74, 6) is -0.461. The van der Waals surface area contributed by atoms with Crippen LogP contribution in [0.15, 0.2) is 12.7 Å². The van der Waals surface area contributed by atoms with Gasteiger partial charge in [0.1, 0.15) is 0 Å². The molecule has 110 valence electrons. The Morgan fingerprint density at radius 3 is 1.95 bits per heavy atom. The second kappa shape index (κ2) is 14.1. The molecule has 0 fully saturated rings. The van der Waals surface area contributed by atoms with Crippen molar-refractivity contribution in [2.75, 3.05) is 19.3 Å². The van der Waals surface area contributed by atoms with Crippen molar-refractivity contribution < 1.29 is 38.8 Å². The standard InChI is InChI=1S/C9H13ClO5.CH2O3/c1-2-8(11)13-5-3-4-6-14-9(12)15-7-10;2-1(3)4/h2H,1,3-7H2;(H2,2,3,4). The van der Waals surface area contributed by atoms with Gasteiger partial charge in [-0.25, -0.2) is 14.4 Å². The van der Waals surface area contributed by atoms with Crippen molar-refractivity contribution in [2.24, 2.45) is 0 Å². The molecule has 9 heteroatoms. The van der Waals surface area contributed by atoms with E-state index in [1.807, 2.05) is 0 Å². The third kappa shape index (κ3) is 21.8. The van der Waals surface area contributed by atoms with Crippen LogP contribution in [0.25, 0.3) is 0 Å². The minimum Gasteiger partial charge on any atom is -0.463 e. The van der Waals surface area contributed by atoms with Crippen LogP contribution in [0, 0.1) is 0 Å². The van der Waals surface area contributed by atoms with E-state index in [4.69, 9.17) is 31.3 Å². The van der Waals surface area contributed by atoms with Gasteiger partial charge in [0.15, 0.2) is 6.07 Å². The van der Waals surface area contributed by atoms with Gasteiger partial charge >= 0.3 is 18.3 Å². The van der Waals surface area contributed by atoms with Gasteiger partial charge in [0.25, 0.3) is 0 Å². The molecule has 0 aromatic rings. The summed E-state index contributed by atoms with van der Waals surface area (Å²) in [5.41, 5.74) is 0. The molecule has 0 aromatic heterocycles. The number of esters is 1. The van der Waals surface area contributed by atoms with Crippen molar-refractivity contribution in [2.45, 2.75) is 12.8 Å². The summed E-state index contributed by atoms with van der Waals surface area (Å²) in [6.45, 7) is 3.73. The van der Waals surface area contributed by atoms with Gasteiger partial charge in [0.05, 0.1) is 13.2 Å². The Labute approximate surface area is 114 Å². The Kier molecular flexibility index (Phi) is 14.4. The Bertz CT molecular complexity index is 287. The van der Waals surface area contributed by atoms with Crippen molar-refractivity contribution in [1.29, 1.82) is 0 Å². The Morgan fingerprint density at radius 1 is 1.05 bits per heavy atom.